The second kappa shape index (κ2) is 6.19. The molecule has 0 radical (unpaired) electrons. The maximum atomic E-state index is 12.5. The second-order valence-corrected chi connectivity index (χ2v) is 14.8. The molecule has 1 aliphatic heterocycles. The van der Waals surface area contributed by atoms with Crippen molar-refractivity contribution < 1.29 is 4.57 Å². The molecule has 1 nitrogen and oxygen atoms in total. The molecule has 2 aromatic rings. The van der Waals surface area contributed by atoms with Crippen molar-refractivity contribution in [3.63, 3.8) is 0 Å². The Balaban J connectivity index is 1.89. The van der Waals surface area contributed by atoms with E-state index in [9.17, 15) is 4.57 Å². The van der Waals surface area contributed by atoms with Crippen molar-refractivity contribution in [3.05, 3.63) is 71.8 Å². The van der Waals surface area contributed by atoms with Gasteiger partial charge in [-0.2, -0.15) is 0 Å². The topological polar surface area (TPSA) is 17.1 Å². The van der Waals surface area contributed by atoms with Gasteiger partial charge in [-0.15, -0.1) is 0 Å². The van der Waals surface area contributed by atoms with Crippen LogP contribution in [0.25, 0.3) is 0 Å². The lowest BCUT2D eigenvalue weighted by Gasteiger charge is -2.31. The Morgan fingerprint density at radius 3 is 1.65 bits per heavy atom. The Morgan fingerprint density at radius 1 is 0.850 bits per heavy atom. The minimum atomic E-state index is -2.72. The maximum absolute atomic E-state index is 12.5. The van der Waals surface area contributed by atoms with Gasteiger partial charge in [0.1, 0.15) is 0 Å². The monoisotopic (exact) mass is 340 g/mol. The average Bonchev–Trinajstić information content (AvgIpc) is 2.47. The van der Waals surface area contributed by atoms with E-state index in [0.29, 0.717) is 0 Å². The molecule has 2 aromatic carbocycles. The molecule has 0 bridgehead atoms. The summed E-state index contributed by atoms with van der Waals surface area (Å²) in [5.74, 6) is 0. The van der Waals surface area contributed by atoms with Crippen LogP contribution in [0.1, 0.15) is 28.0 Å². The average molecular weight is 341 g/mol. The number of hydrogen-bond acceptors (Lipinski definition) is 3. The minimum absolute atomic E-state index is 0.200. The highest BCUT2D eigenvalue weighted by Crippen LogP contribution is 2.83. The summed E-state index contributed by atoms with van der Waals surface area (Å²) in [6.07, 6.45) is 0.958. The van der Waals surface area contributed by atoms with Crippen molar-refractivity contribution >= 4 is 38.9 Å². The molecular weight excluding hydrogens is 327 g/mol. The van der Waals surface area contributed by atoms with Gasteiger partial charge in [-0.05, 0) is 28.8 Å². The fourth-order valence-corrected chi connectivity index (χ4v) is 11.5. The molecule has 0 saturated carbocycles. The van der Waals surface area contributed by atoms with Crippen molar-refractivity contribution in [2.24, 2.45) is 0 Å². The Labute approximate surface area is 132 Å². The van der Waals surface area contributed by atoms with Gasteiger partial charge in [0, 0.05) is 10.5 Å². The molecule has 0 N–H and O–H groups in total. The number of rotatable bonds is 2. The molecule has 1 heterocycles. The van der Waals surface area contributed by atoms with Gasteiger partial charge in [-0.1, -0.05) is 83.4 Å². The first-order valence-corrected chi connectivity index (χ1v) is 12.0. The number of halogens is 1. The largest absolute Gasteiger partial charge is 0.283 e. The van der Waals surface area contributed by atoms with Crippen molar-refractivity contribution in [1.82, 2.24) is 0 Å². The van der Waals surface area contributed by atoms with Crippen LogP contribution in [0.15, 0.2) is 60.7 Å². The van der Waals surface area contributed by atoms with Crippen LogP contribution in [0.5, 0.6) is 0 Å². The molecule has 5 heteroatoms. The van der Waals surface area contributed by atoms with Crippen molar-refractivity contribution in [1.29, 1.82) is 0 Å². The SMILES string of the molecule is O=P1(Cl)S[C@@H](c2ccccc2)C[C@H](c2ccccc2)S1. The first kappa shape index (κ1) is 14.6. The van der Waals surface area contributed by atoms with E-state index in [-0.39, 0.29) is 10.5 Å². The van der Waals surface area contributed by atoms with E-state index in [1.807, 2.05) is 36.4 Å². The third kappa shape index (κ3) is 3.46. The van der Waals surface area contributed by atoms with Gasteiger partial charge in [0.05, 0.1) is 0 Å². The maximum Gasteiger partial charge on any atom is 0.276 e. The van der Waals surface area contributed by atoms with Gasteiger partial charge in [-0.25, -0.2) is 0 Å². The molecule has 3 rings (SSSR count). The molecule has 1 fully saturated rings. The lowest BCUT2D eigenvalue weighted by molar-refractivity contribution is 0.599. The summed E-state index contributed by atoms with van der Waals surface area (Å²) in [5.41, 5.74) is 2.42. The third-order valence-corrected chi connectivity index (χ3v) is 11.2. The molecule has 0 aliphatic carbocycles. The third-order valence-electron chi connectivity index (χ3n) is 3.28. The van der Waals surface area contributed by atoms with E-state index < -0.39 is 4.90 Å². The van der Waals surface area contributed by atoms with E-state index in [1.165, 1.54) is 33.9 Å². The molecule has 2 atom stereocenters. The minimum Gasteiger partial charge on any atom is -0.283 e. The molecule has 20 heavy (non-hydrogen) atoms. The molecule has 0 amide bonds. The van der Waals surface area contributed by atoms with Crippen LogP contribution in [-0.4, -0.2) is 0 Å². The molecular formula is C15H14ClOPS2. The van der Waals surface area contributed by atoms with Crippen LogP contribution in [0.2, 0.25) is 0 Å². The summed E-state index contributed by atoms with van der Waals surface area (Å²) in [7, 11) is 0. The lowest BCUT2D eigenvalue weighted by atomic mass is 10.0. The van der Waals surface area contributed by atoms with E-state index in [4.69, 9.17) is 11.2 Å². The van der Waals surface area contributed by atoms with Crippen LogP contribution >= 0.6 is 38.9 Å². The van der Waals surface area contributed by atoms with Gasteiger partial charge in [0.15, 0.2) is 0 Å². The fraction of sp³-hybridized carbons (Fsp3) is 0.200. The summed E-state index contributed by atoms with van der Waals surface area (Å²) in [6.45, 7) is 0. The Kier molecular flexibility index (Phi) is 4.52. The van der Waals surface area contributed by atoms with Gasteiger partial charge in [0.25, 0.3) is 4.90 Å². The Bertz CT molecular complexity index is 569. The highest BCUT2D eigenvalue weighted by Gasteiger charge is 2.38. The Hall–Kier alpha value is -0.340. The molecule has 104 valence electrons. The highest BCUT2D eigenvalue weighted by atomic mass is 35.7. The van der Waals surface area contributed by atoms with E-state index >= 15 is 0 Å². The second-order valence-electron chi connectivity index (χ2n) is 4.68. The van der Waals surface area contributed by atoms with Crippen LogP contribution in [0.4, 0.5) is 0 Å². The van der Waals surface area contributed by atoms with Gasteiger partial charge in [-0.3, -0.25) is 4.57 Å². The van der Waals surface area contributed by atoms with Crippen LogP contribution < -0.4 is 0 Å². The zero-order valence-electron chi connectivity index (χ0n) is 10.7. The number of benzene rings is 2. The van der Waals surface area contributed by atoms with E-state index in [2.05, 4.69) is 24.3 Å². The quantitative estimate of drug-likeness (QED) is 0.567. The standard InChI is InChI=1S/C15H14ClOPS2/c16-18(17)19-14(12-7-3-1-4-8-12)11-15(20-18)13-9-5-2-6-10-13/h1-10,14-15H,11H2/t14-,15-/m1/s1. The van der Waals surface area contributed by atoms with Crippen molar-refractivity contribution in [3.8, 4) is 0 Å². The molecule has 0 unspecified atom stereocenters. The van der Waals surface area contributed by atoms with Crippen molar-refractivity contribution in [2.75, 3.05) is 0 Å². The summed E-state index contributed by atoms with van der Waals surface area (Å²) in [4.78, 5) is -2.72. The summed E-state index contributed by atoms with van der Waals surface area (Å²) >= 11 is 9.09. The number of hydrogen-bond donors (Lipinski definition) is 0. The predicted octanol–water partition coefficient (Wildman–Crippen LogP) is 6.69. The zero-order chi connectivity index (χ0) is 14.0. The molecule has 1 saturated heterocycles. The normalized spacial score (nSPS) is 30.1. The highest BCUT2D eigenvalue weighted by molar-refractivity contribution is 8.97. The summed E-state index contributed by atoms with van der Waals surface area (Å²) in [5, 5.41) is 0.400. The molecule has 0 spiro atoms. The smallest absolute Gasteiger partial charge is 0.276 e. The Morgan fingerprint density at radius 2 is 1.25 bits per heavy atom. The van der Waals surface area contributed by atoms with Crippen LogP contribution in [0, 0.1) is 0 Å². The van der Waals surface area contributed by atoms with E-state index in [1.54, 1.807) is 0 Å². The van der Waals surface area contributed by atoms with Gasteiger partial charge < -0.3 is 0 Å². The summed E-state index contributed by atoms with van der Waals surface area (Å²) in [6, 6.07) is 20.4. The first-order chi connectivity index (χ1) is 9.64. The fourth-order valence-electron chi connectivity index (χ4n) is 2.34. The summed E-state index contributed by atoms with van der Waals surface area (Å²) < 4.78 is 12.5. The van der Waals surface area contributed by atoms with Crippen LogP contribution in [0.3, 0.4) is 0 Å². The zero-order valence-corrected chi connectivity index (χ0v) is 14.0. The lowest BCUT2D eigenvalue weighted by Crippen LogP contribution is -2.04. The van der Waals surface area contributed by atoms with Crippen molar-refractivity contribution in [2.45, 2.75) is 16.9 Å². The molecule has 0 aromatic heterocycles. The molecule has 1 aliphatic rings. The van der Waals surface area contributed by atoms with Gasteiger partial charge in [0.2, 0.25) is 0 Å². The predicted molar refractivity (Wildman–Crippen MR) is 91.6 cm³/mol. The van der Waals surface area contributed by atoms with E-state index in [0.717, 1.165) is 6.42 Å². The first-order valence-electron chi connectivity index (χ1n) is 6.40. The van der Waals surface area contributed by atoms with Gasteiger partial charge >= 0.3 is 0 Å². The van der Waals surface area contributed by atoms with Crippen LogP contribution in [-0.2, 0) is 4.57 Å².